The third-order valence-corrected chi connectivity index (χ3v) is 4.14. The average Bonchev–Trinajstić information content (AvgIpc) is 2.72. The standard InChI is InChI=1S/C21H22N4O/c1-2-25(16-18-6-4-3-5-7-18)19-10-13-23-20(14-19)21(26)24-15-17-8-11-22-12-9-17/h3-14H,2,15-16H2,1H3,(H,24,26). The molecule has 0 aliphatic carbocycles. The number of hydrogen-bond acceptors (Lipinski definition) is 4. The molecule has 3 aromatic rings. The minimum Gasteiger partial charge on any atom is -0.367 e. The molecule has 0 radical (unpaired) electrons. The summed E-state index contributed by atoms with van der Waals surface area (Å²) in [6.07, 6.45) is 5.11. The molecule has 0 aliphatic heterocycles. The number of nitrogens with one attached hydrogen (secondary N) is 1. The van der Waals surface area contributed by atoms with Gasteiger partial charge in [-0.3, -0.25) is 14.8 Å². The number of nitrogens with zero attached hydrogens (tertiary/aromatic N) is 3. The van der Waals surface area contributed by atoms with E-state index in [-0.39, 0.29) is 5.91 Å². The lowest BCUT2D eigenvalue weighted by Crippen LogP contribution is -2.25. The van der Waals surface area contributed by atoms with Crippen molar-refractivity contribution in [1.82, 2.24) is 15.3 Å². The Morgan fingerprint density at radius 1 is 1.00 bits per heavy atom. The van der Waals surface area contributed by atoms with Gasteiger partial charge in [0.2, 0.25) is 0 Å². The van der Waals surface area contributed by atoms with E-state index < -0.39 is 0 Å². The van der Waals surface area contributed by atoms with Crippen molar-refractivity contribution in [3.05, 3.63) is 90.0 Å². The molecule has 5 nitrogen and oxygen atoms in total. The summed E-state index contributed by atoms with van der Waals surface area (Å²) in [5.41, 5.74) is 3.64. The van der Waals surface area contributed by atoms with Gasteiger partial charge in [0.15, 0.2) is 0 Å². The zero-order valence-electron chi connectivity index (χ0n) is 14.8. The first-order valence-electron chi connectivity index (χ1n) is 8.68. The average molecular weight is 346 g/mol. The van der Waals surface area contributed by atoms with E-state index in [1.54, 1.807) is 18.6 Å². The molecule has 1 amide bonds. The van der Waals surface area contributed by atoms with Crippen molar-refractivity contribution in [3.8, 4) is 0 Å². The first-order valence-corrected chi connectivity index (χ1v) is 8.68. The highest BCUT2D eigenvalue weighted by molar-refractivity contribution is 5.93. The van der Waals surface area contributed by atoms with Crippen LogP contribution in [0, 0.1) is 0 Å². The SMILES string of the molecule is CCN(Cc1ccccc1)c1ccnc(C(=O)NCc2ccncc2)c1. The molecule has 1 N–H and O–H groups in total. The lowest BCUT2D eigenvalue weighted by molar-refractivity contribution is 0.0946. The molecule has 0 aliphatic rings. The molecule has 26 heavy (non-hydrogen) atoms. The normalized spacial score (nSPS) is 10.3. The predicted molar refractivity (Wildman–Crippen MR) is 103 cm³/mol. The van der Waals surface area contributed by atoms with Crippen LogP contribution in [-0.2, 0) is 13.1 Å². The molecular formula is C21H22N4O. The molecule has 0 spiro atoms. The van der Waals surface area contributed by atoms with E-state index in [9.17, 15) is 4.79 Å². The van der Waals surface area contributed by atoms with Crippen LogP contribution in [0.5, 0.6) is 0 Å². The fourth-order valence-corrected chi connectivity index (χ4v) is 2.70. The predicted octanol–water partition coefficient (Wildman–Crippen LogP) is 3.43. The molecule has 3 rings (SSSR count). The number of hydrogen-bond donors (Lipinski definition) is 1. The van der Waals surface area contributed by atoms with Crippen molar-refractivity contribution in [3.63, 3.8) is 0 Å². The molecule has 0 unspecified atom stereocenters. The van der Waals surface area contributed by atoms with Crippen molar-refractivity contribution >= 4 is 11.6 Å². The fourth-order valence-electron chi connectivity index (χ4n) is 2.70. The summed E-state index contributed by atoms with van der Waals surface area (Å²) in [5.74, 6) is -0.181. The van der Waals surface area contributed by atoms with Gasteiger partial charge in [0.25, 0.3) is 5.91 Å². The van der Waals surface area contributed by atoms with Crippen LogP contribution in [0.15, 0.2) is 73.2 Å². The molecule has 0 fully saturated rings. The van der Waals surface area contributed by atoms with E-state index in [0.717, 1.165) is 24.3 Å². The molecule has 2 heterocycles. The number of carbonyl (C=O) groups excluding carboxylic acids is 1. The van der Waals surface area contributed by atoms with E-state index in [0.29, 0.717) is 12.2 Å². The number of aromatic nitrogens is 2. The van der Waals surface area contributed by atoms with E-state index in [1.165, 1.54) is 5.56 Å². The topological polar surface area (TPSA) is 58.1 Å². The molecule has 0 atom stereocenters. The Balaban J connectivity index is 1.69. The summed E-state index contributed by atoms with van der Waals surface area (Å²) in [4.78, 5) is 22.8. The van der Waals surface area contributed by atoms with Gasteiger partial charge < -0.3 is 10.2 Å². The maximum Gasteiger partial charge on any atom is 0.270 e. The molecule has 5 heteroatoms. The van der Waals surface area contributed by atoms with E-state index in [1.807, 2.05) is 42.5 Å². The van der Waals surface area contributed by atoms with Crippen LogP contribution >= 0.6 is 0 Å². The zero-order valence-corrected chi connectivity index (χ0v) is 14.8. The highest BCUT2D eigenvalue weighted by Gasteiger charge is 2.11. The van der Waals surface area contributed by atoms with Crippen LogP contribution < -0.4 is 10.2 Å². The Hall–Kier alpha value is -3.21. The van der Waals surface area contributed by atoms with Gasteiger partial charge in [-0.25, -0.2) is 0 Å². The van der Waals surface area contributed by atoms with Gasteiger partial charge >= 0.3 is 0 Å². The van der Waals surface area contributed by atoms with Crippen molar-refractivity contribution < 1.29 is 4.79 Å². The van der Waals surface area contributed by atoms with Gasteiger partial charge in [-0.2, -0.15) is 0 Å². The first kappa shape index (κ1) is 17.6. The van der Waals surface area contributed by atoms with Gasteiger partial charge in [0, 0.05) is 43.9 Å². The molecule has 2 aromatic heterocycles. The third kappa shape index (κ3) is 4.66. The molecule has 0 saturated heterocycles. The van der Waals surface area contributed by atoms with Gasteiger partial charge in [-0.1, -0.05) is 30.3 Å². The second-order valence-corrected chi connectivity index (χ2v) is 5.94. The minimum absolute atomic E-state index is 0.181. The summed E-state index contributed by atoms with van der Waals surface area (Å²) >= 11 is 0. The lowest BCUT2D eigenvalue weighted by Gasteiger charge is -2.23. The summed E-state index contributed by atoms with van der Waals surface area (Å²) in [5, 5.41) is 2.90. The Labute approximate surface area is 153 Å². The largest absolute Gasteiger partial charge is 0.367 e. The fraction of sp³-hybridized carbons (Fsp3) is 0.190. The number of rotatable bonds is 7. The number of pyridine rings is 2. The molecule has 0 bridgehead atoms. The van der Waals surface area contributed by atoms with Crippen LogP contribution in [0.4, 0.5) is 5.69 Å². The summed E-state index contributed by atoms with van der Waals surface area (Å²) in [6, 6.07) is 17.8. The van der Waals surface area contributed by atoms with Crippen LogP contribution in [0.3, 0.4) is 0 Å². The molecule has 132 valence electrons. The first-order chi connectivity index (χ1) is 12.8. The Morgan fingerprint density at radius 2 is 1.77 bits per heavy atom. The maximum absolute atomic E-state index is 12.4. The van der Waals surface area contributed by atoms with Crippen molar-refractivity contribution in [1.29, 1.82) is 0 Å². The minimum atomic E-state index is -0.181. The number of anilines is 1. The van der Waals surface area contributed by atoms with Crippen LogP contribution in [0.1, 0.15) is 28.5 Å². The van der Waals surface area contributed by atoms with Crippen molar-refractivity contribution in [2.45, 2.75) is 20.0 Å². The van der Waals surface area contributed by atoms with E-state index in [4.69, 9.17) is 0 Å². The summed E-state index contributed by atoms with van der Waals surface area (Å²) in [7, 11) is 0. The second-order valence-electron chi connectivity index (χ2n) is 5.94. The highest BCUT2D eigenvalue weighted by atomic mass is 16.1. The zero-order chi connectivity index (χ0) is 18.2. The summed E-state index contributed by atoms with van der Waals surface area (Å²) in [6.45, 7) is 4.19. The number of amides is 1. The monoisotopic (exact) mass is 346 g/mol. The Bertz CT molecular complexity index is 837. The van der Waals surface area contributed by atoms with Crippen LogP contribution in [-0.4, -0.2) is 22.4 Å². The van der Waals surface area contributed by atoms with Crippen LogP contribution in [0.2, 0.25) is 0 Å². The quantitative estimate of drug-likeness (QED) is 0.712. The molecule has 0 saturated carbocycles. The van der Waals surface area contributed by atoms with Gasteiger partial charge in [0.1, 0.15) is 5.69 Å². The third-order valence-electron chi connectivity index (χ3n) is 4.14. The van der Waals surface area contributed by atoms with E-state index in [2.05, 4.69) is 39.2 Å². The smallest absolute Gasteiger partial charge is 0.270 e. The van der Waals surface area contributed by atoms with E-state index >= 15 is 0 Å². The number of benzene rings is 1. The van der Waals surface area contributed by atoms with Gasteiger partial charge in [-0.15, -0.1) is 0 Å². The maximum atomic E-state index is 12.4. The second kappa shape index (κ2) is 8.76. The van der Waals surface area contributed by atoms with Gasteiger partial charge in [0.05, 0.1) is 0 Å². The molecule has 1 aromatic carbocycles. The van der Waals surface area contributed by atoms with Crippen LogP contribution in [0.25, 0.3) is 0 Å². The van der Waals surface area contributed by atoms with Crippen molar-refractivity contribution in [2.75, 3.05) is 11.4 Å². The lowest BCUT2D eigenvalue weighted by atomic mass is 10.2. The van der Waals surface area contributed by atoms with Gasteiger partial charge in [-0.05, 0) is 42.3 Å². The molecular weight excluding hydrogens is 324 g/mol. The van der Waals surface area contributed by atoms with Crippen molar-refractivity contribution in [2.24, 2.45) is 0 Å². The highest BCUT2D eigenvalue weighted by Crippen LogP contribution is 2.17. The Morgan fingerprint density at radius 3 is 2.50 bits per heavy atom. The Kier molecular flexibility index (Phi) is 5.93. The number of carbonyl (C=O) groups is 1. The summed E-state index contributed by atoms with van der Waals surface area (Å²) < 4.78 is 0.